The maximum Gasteiger partial charge on any atom is 0.257 e. The zero-order chi connectivity index (χ0) is 13.7. The van der Waals surface area contributed by atoms with Gasteiger partial charge in [-0.05, 0) is 19.1 Å². The number of aromatic nitrogens is 1. The average molecular weight is 280 g/mol. The average Bonchev–Trinajstić information content (AvgIpc) is 2.79. The fourth-order valence-electron chi connectivity index (χ4n) is 1.65. The summed E-state index contributed by atoms with van der Waals surface area (Å²) in [5, 5.41) is 3.34. The molecule has 1 atom stereocenters. The number of fused-ring (bicyclic) bond motifs is 1. The summed E-state index contributed by atoms with van der Waals surface area (Å²) < 4.78 is 10.5. The highest BCUT2D eigenvalue weighted by Gasteiger charge is 2.10. The number of hydrogen-bond donors (Lipinski definition) is 1. The molecule has 6 heteroatoms. The van der Waals surface area contributed by atoms with Crippen molar-refractivity contribution in [3.63, 3.8) is 0 Å². The molecule has 5 nitrogen and oxygen atoms in total. The number of amides is 1. The number of thioether (sulfide) groups is 1. The fourth-order valence-corrected chi connectivity index (χ4v) is 2.30. The Balaban J connectivity index is 1.86. The Labute approximate surface area is 115 Å². The van der Waals surface area contributed by atoms with Crippen molar-refractivity contribution in [2.24, 2.45) is 0 Å². The zero-order valence-electron chi connectivity index (χ0n) is 10.9. The van der Waals surface area contributed by atoms with E-state index in [9.17, 15) is 4.79 Å². The molecule has 1 N–H and O–H groups in total. The van der Waals surface area contributed by atoms with Gasteiger partial charge in [-0.1, -0.05) is 23.9 Å². The smallest absolute Gasteiger partial charge is 0.257 e. The molecule has 0 aliphatic carbocycles. The standard InChI is InChI=1S/C13H16N2O3S/c1-9(7-17-2)14-12(16)8-19-13-15-10-5-3-4-6-11(10)18-13/h3-6,9H,7-8H2,1-2H3,(H,14,16)/t9-/m0/s1. The molecule has 0 bridgehead atoms. The van der Waals surface area contributed by atoms with Crippen LogP contribution < -0.4 is 5.32 Å². The lowest BCUT2D eigenvalue weighted by Gasteiger charge is -2.11. The molecule has 1 heterocycles. The highest BCUT2D eigenvalue weighted by Crippen LogP contribution is 2.22. The molecule has 0 unspecified atom stereocenters. The molecule has 0 aliphatic rings. The molecule has 0 saturated heterocycles. The summed E-state index contributed by atoms with van der Waals surface area (Å²) in [7, 11) is 1.61. The van der Waals surface area contributed by atoms with E-state index in [1.54, 1.807) is 7.11 Å². The van der Waals surface area contributed by atoms with Crippen molar-refractivity contribution in [1.82, 2.24) is 10.3 Å². The van der Waals surface area contributed by atoms with Crippen LogP contribution in [0.4, 0.5) is 0 Å². The molecule has 0 radical (unpaired) electrons. The minimum Gasteiger partial charge on any atom is -0.431 e. The first kappa shape index (κ1) is 13.9. The van der Waals surface area contributed by atoms with Gasteiger partial charge in [0.05, 0.1) is 12.4 Å². The third kappa shape index (κ3) is 3.97. The molecule has 1 aromatic heterocycles. The van der Waals surface area contributed by atoms with Crippen LogP contribution in [0.1, 0.15) is 6.92 Å². The summed E-state index contributed by atoms with van der Waals surface area (Å²) in [4.78, 5) is 16.0. The summed E-state index contributed by atoms with van der Waals surface area (Å²) in [6.45, 7) is 2.39. The van der Waals surface area contributed by atoms with Crippen molar-refractivity contribution in [3.8, 4) is 0 Å². The molecule has 2 rings (SSSR count). The van der Waals surface area contributed by atoms with Crippen LogP contribution in [0.3, 0.4) is 0 Å². The lowest BCUT2D eigenvalue weighted by Crippen LogP contribution is -2.36. The Morgan fingerprint density at radius 1 is 1.53 bits per heavy atom. The maximum absolute atomic E-state index is 11.7. The first-order chi connectivity index (χ1) is 9.19. The third-order valence-corrected chi connectivity index (χ3v) is 3.25. The normalized spacial score (nSPS) is 12.5. The van der Waals surface area contributed by atoms with Gasteiger partial charge in [-0.25, -0.2) is 4.98 Å². The van der Waals surface area contributed by atoms with Gasteiger partial charge in [0.1, 0.15) is 5.52 Å². The van der Waals surface area contributed by atoms with Crippen LogP contribution in [0.15, 0.2) is 33.9 Å². The number of nitrogens with zero attached hydrogens (tertiary/aromatic N) is 1. The lowest BCUT2D eigenvalue weighted by molar-refractivity contribution is -0.119. The quantitative estimate of drug-likeness (QED) is 0.821. The Morgan fingerprint density at radius 2 is 2.32 bits per heavy atom. The number of rotatable bonds is 6. The predicted molar refractivity (Wildman–Crippen MR) is 74.2 cm³/mol. The van der Waals surface area contributed by atoms with Gasteiger partial charge >= 0.3 is 0 Å². The molecule has 1 amide bonds. The van der Waals surface area contributed by atoms with E-state index in [0.717, 1.165) is 11.1 Å². The molecular formula is C13H16N2O3S. The molecule has 0 saturated carbocycles. The van der Waals surface area contributed by atoms with E-state index in [4.69, 9.17) is 9.15 Å². The van der Waals surface area contributed by atoms with Crippen LogP contribution >= 0.6 is 11.8 Å². The van der Waals surface area contributed by atoms with Crippen molar-refractivity contribution in [2.45, 2.75) is 18.2 Å². The van der Waals surface area contributed by atoms with Gasteiger partial charge in [-0.15, -0.1) is 0 Å². The van der Waals surface area contributed by atoms with Gasteiger partial charge < -0.3 is 14.5 Å². The topological polar surface area (TPSA) is 64.4 Å². The van der Waals surface area contributed by atoms with Crippen molar-refractivity contribution in [1.29, 1.82) is 0 Å². The highest BCUT2D eigenvalue weighted by atomic mass is 32.2. The molecule has 0 aliphatic heterocycles. The van der Waals surface area contributed by atoms with Crippen molar-refractivity contribution < 1.29 is 13.9 Å². The number of para-hydroxylation sites is 2. The molecule has 102 valence electrons. The van der Waals surface area contributed by atoms with Gasteiger partial charge in [-0.2, -0.15) is 0 Å². The molecule has 19 heavy (non-hydrogen) atoms. The number of hydrogen-bond acceptors (Lipinski definition) is 5. The number of ether oxygens (including phenoxy) is 1. The van der Waals surface area contributed by atoms with Crippen molar-refractivity contribution >= 4 is 28.8 Å². The van der Waals surface area contributed by atoms with E-state index in [1.165, 1.54) is 11.8 Å². The Morgan fingerprint density at radius 3 is 3.05 bits per heavy atom. The SMILES string of the molecule is COC[C@H](C)NC(=O)CSc1nc2ccccc2o1. The van der Waals surface area contributed by atoms with Crippen LogP contribution in [0.2, 0.25) is 0 Å². The number of oxazole rings is 1. The monoisotopic (exact) mass is 280 g/mol. The second-order valence-corrected chi connectivity index (χ2v) is 5.09. The molecule has 0 fully saturated rings. The van der Waals surface area contributed by atoms with E-state index >= 15 is 0 Å². The van der Waals surface area contributed by atoms with Crippen LogP contribution in [0, 0.1) is 0 Å². The predicted octanol–water partition coefficient (Wildman–Crippen LogP) is 2.07. The van der Waals surface area contributed by atoms with Crippen LogP contribution in [0.25, 0.3) is 11.1 Å². The Hall–Kier alpha value is -1.53. The first-order valence-electron chi connectivity index (χ1n) is 5.95. The van der Waals surface area contributed by atoms with E-state index in [0.29, 0.717) is 11.8 Å². The van der Waals surface area contributed by atoms with Crippen LogP contribution in [-0.4, -0.2) is 36.4 Å². The molecular weight excluding hydrogens is 264 g/mol. The third-order valence-electron chi connectivity index (χ3n) is 2.43. The van der Waals surface area contributed by atoms with Gasteiger partial charge in [0, 0.05) is 13.2 Å². The minimum atomic E-state index is -0.0585. The summed E-state index contributed by atoms with van der Waals surface area (Å²) in [5.74, 6) is 0.220. The summed E-state index contributed by atoms with van der Waals surface area (Å²) in [6.07, 6.45) is 0. The van der Waals surface area contributed by atoms with Gasteiger partial charge in [0.2, 0.25) is 5.91 Å². The molecule has 2 aromatic rings. The molecule has 0 spiro atoms. The van der Waals surface area contributed by atoms with E-state index in [1.807, 2.05) is 31.2 Å². The fraction of sp³-hybridized carbons (Fsp3) is 0.385. The summed E-state index contributed by atoms with van der Waals surface area (Å²) in [6, 6.07) is 7.53. The Bertz CT molecular complexity index is 523. The van der Waals surface area contributed by atoms with Crippen molar-refractivity contribution in [2.75, 3.05) is 19.5 Å². The minimum absolute atomic E-state index is 0.00160. The first-order valence-corrected chi connectivity index (χ1v) is 6.94. The zero-order valence-corrected chi connectivity index (χ0v) is 11.7. The van der Waals surface area contributed by atoms with Gasteiger partial charge in [-0.3, -0.25) is 4.79 Å². The maximum atomic E-state index is 11.7. The number of carbonyl (C=O) groups excluding carboxylic acids is 1. The van der Waals surface area contributed by atoms with E-state index in [2.05, 4.69) is 10.3 Å². The second-order valence-electron chi connectivity index (χ2n) is 4.16. The summed E-state index contributed by atoms with van der Waals surface area (Å²) in [5.41, 5.74) is 1.54. The van der Waals surface area contributed by atoms with Crippen LogP contribution in [0.5, 0.6) is 0 Å². The van der Waals surface area contributed by atoms with E-state index < -0.39 is 0 Å². The lowest BCUT2D eigenvalue weighted by atomic mass is 10.3. The Kier molecular flexibility index (Phi) is 4.81. The highest BCUT2D eigenvalue weighted by molar-refractivity contribution is 7.99. The largest absolute Gasteiger partial charge is 0.431 e. The van der Waals surface area contributed by atoms with E-state index in [-0.39, 0.29) is 17.7 Å². The number of nitrogens with one attached hydrogen (secondary N) is 1. The molecule has 1 aromatic carbocycles. The van der Waals surface area contributed by atoms with Crippen molar-refractivity contribution in [3.05, 3.63) is 24.3 Å². The summed E-state index contributed by atoms with van der Waals surface area (Å²) >= 11 is 1.28. The number of carbonyl (C=O) groups is 1. The van der Waals surface area contributed by atoms with Gasteiger partial charge in [0.25, 0.3) is 5.22 Å². The number of benzene rings is 1. The number of methoxy groups -OCH3 is 1. The van der Waals surface area contributed by atoms with Crippen LogP contribution in [-0.2, 0) is 9.53 Å². The second kappa shape index (κ2) is 6.58. The van der Waals surface area contributed by atoms with Gasteiger partial charge in [0.15, 0.2) is 5.58 Å².